The van der Waals surface area contributed by atoms with Gasteiger partial charge in [0.1, 0.15) is 0 Å². The van der Waals surface area contributed by atoms with Gasteiger partial charge in [-0.1, -0.05) is 36.4 Å². The van der Waals surface area contributed by atoms with E-state index in [1.807, 2.05) is 49.5 Å². The Morgan fingerprint density at radius 2 is 1.91 bits per heavy atom. The second-order valence-electron chi connectivity index (χ2n) is 5.58. The molecule has 3 aromatic rings. The fourth-order valence-corrected chi connectivity index (χ4v) is 2.54. The SMILES string of the molecule is CN(Cc1ccccc1)C(=O)CCc1ccc2oc(=O)[nH]c2c1. The van der Waals surface area contributed by atoms with Gasteiger partial charge in [-0.15, -0.1) is 0 Å². The van der Waals surface area contributed by atoms with Crippen LogP contribution in [0.3, 0.4) is 0 Å². The molecule has 0 atom stereocenters. The quantitative estimate of drug-likeness (QED) is 0.788. The molecule has 1 amide bonds. The van der Waals surface area contributed by atoms with Gasteiger partial charge in [0.25, 0.3) is 0 Å². The summed E-state index contributed by atoms with van der Waals surface area (Å²) >= 11 is 0. The number of hydrogen-bond donors (Lipinski definition) is 1. The molecule has 0 aliphatic carbocycles. The molecule has 118 valence electrons. The molecule has 1 aromatic heterocycles. The molecule has 5 nitrogen and oxygen atoms in total. The highest BCUT2D eigenvalue weighted by Gasteiger charge is 2.10. The summed E-state index contributed by atoms with van der Waals surface area (Å²) in [6.07, 6.45) is 1.05. The predicted octanol–water partition coefficient (Wildman–Crippen LogP) is 2.71. The van der Waals surface area contributed by atoms with Crippen LogP contribution in [0.15, 0.2) is 57.7 Å². The molecule has 23 heavy (non-hydrogen) atoms. The predicted molar refractivity (Wildman–Crippen MR) is 88.1 cm³/mol. The van der Waals surface area contributed by atoms with E-state index in [4.69, 9.17) is 4.42 Å². The molecule has 0 saturated heterocycles. The van der Waals surface area contributed by atoms with E-state index in [-0.39, 0.29) is 5.91 Å². The third-order valence-electron chi connectivity index (χ3n) is 3.80. The average Bonchev–Trinajstić information content (AvgIpc) is 2.92. The standard InChI is InChI=1S/C18H18N2O3/c1-20(12-14-5-3-2-4-6-14)17(21)10-8-13-7-9-16-15(11-13)19-18(22)23-16/h2-7,9,11H,8,10,12H2,1H3,(H,19,22). The topological polar surface area (TPSA) is 66.3 Å². The van der Waals surface area contributed by atoms with Gasteiger partial charge in [-0.25, -0.2) is 4.79 Å². The number of H-pyrrole nitrogens is 1. The van der Waals surface area contributed by atoms with Crippen molar-refractivity contribution in [2.24, 2.45) is 0 Å². The number of carbonyl (C=O) groups is 1. The molecule has 0 fully saturated rings. The Morgan fingerprint density at radius 1 is 1.13 bits per heavy atom. The molecule has 0 spiro atoms. The summed E-state index contributed by atoms with van der Waals surface area (Å²) < 4.78 is 4.97. The van der Waals surface area contributed by atoms with Crippen LogP contribution in [0.25, 0.3) is 11.1 Å². The van der Waals surface area contributed by atoms with Crippen LogP contribution >= 0.6 is 0 Å². The Hall–Kier alpha value is -2.82. The molecular formula is C18H18N2O3. The second-order valence-corrected chi connectivity index (χ2v) is 5.58. The van der Waals surface area contributed by atoms with Gasteiger partial charge in [0.15, 0.2) is 5.58 Å². The second kappa shape index (κ2) is 6.52. The van der Waals surface area contributed by atoms with Crippen molar-refractivity contribution in [3.63, 3.8) is 0 Å². The van der Waals surface area contributed by atoms with E-state index < -0.39 is 5.76 Å². The zero-order valence-corrected chi connectivity index (χ0v) is 12.9. The third-order valence-corrected chi connectivity index (χ3v) is 3.80. The molecule has 3 rings (SSSR count). The van der Waals surface area contributed by atoms with Crippen LogP contribution < -0.4 is 5.76 Å². The maximum absolute atomic E-state index is 12.2. The fraction of sp³-hybridized carbons (Fsp3) is 0.222. The minimum Gasteiger partial charge on any atom is -0.408 e. The van der Waals surface area contributed by atoms with Gasteiger partial charge in [-0.2, -0.15) is 0 Å². The van der Waals surface area contributed by atoms with Crippen LogP contribution in [0.5, 0.6) is 0 Å². The highest BCUT2D eigenvalue weighted by molar-refractivity contribution is 5.77. The van der Waals surface area contributed by atoms with Gasteiger partial charge in [-0.05, 0) is 29.7 Å². The van der Waals surface area contributed by atoms with E-state index in [0.29, 0.717) is 30.5 Å². The molecule has 5 heteroatoms. The van der Waals surface area contributed by atoms with Gasteiger partial charge < -0.3 is 9.32 Å². The van der Waals surface area contributed by atoms with Crippen molar-refractivity contribution in [3.05, 3.63) is 70.2 Å². The zero-order chi connectivity index (χ0) is 16.2. The maximum Gasteiger partial charge on any atom is 0.417 e. The lowest BCUT2D eigenvalue weighted by Gasteiger charge is -2.17. The lowest BCUT2D eigenvalue weighted by Crippen LogP contribution is -2.26. The van der Waals surface area contributed by atoms with E-state index in [2.05, 4.69) is 4.98 Å². The normalized spacial score (nSPS) is 10.8. The lowest BCUT2D eigenvalue weighted by atomic mass is 10.1. The van der Waals surface area contributed by atoms with Crippen molar-refractivity contribution in [1.29, 1.82) is 0 Å². The van der Waals surface area contributed by atoms with Crippen LogP contribution in [0, 0.1) is 0 Å². The molecular weight excluding hydrogens is 292 g/mol. The van der Waals surface area contributed by atoms with Crippen LogP contribution in [0.4, 0.5) is 0 Å². The minimum absolute atomic E-state index is 0.0923. The Bertz CT molecular complexity index is 865. The highest BCUT2D eigenvalue weighted by atomic mass is 16.4. The summed E-state index contributed by atoms with van der Waals surface area (Å²) in [5, 5.41) is 0. The van der Waals surface area contributed by atoms with Crippen molar-refractivity contribution in [2.45, 2.75) is 19.4 Å². The van der Waals surface area contributed by atoms with Gasteiger partial charge in [0, 0.05) is 20.0 Å². The number of amides is 1. The minimum atomic E-state index is -0.462. The van der Waals surface area contributed by atoms with Gasteiger partial charge in [0.05, 0.1) is 5.52 Å². The van der Waals surface area contributed by atoms with E-state index >= 15 is 0 Å². The number of nitrogens with one attached hydrogen (secondary N) is 1. The number of aromatic amines is 1. The number of rotatable bonds is 5. The number of carbonyl (C=O) groups excluding carboxylic acids is 1. The number of nitrogens with zero attached hydrogens (tertiary/aromatic N) is 1. The molecule has 0 radical (unpaired) electrons. The first kappa shape index (κ1) is 15.1. The average molecular weight is 310 g/mol. The van der Waals surface area contributed by atoms with Gasteiger partial charge in [0.2, 0.25) is 5.91 Å². The number of hydrogen-bond acceptors (Lipinski definition) is 3. The van der Waals surface area contributed by atoms with Gasteiger partial charge >= 0.3 is 5.76 Å². The zero-order valence-electron chi connectivity index (χ0n) is 12.9. The fourth-order valence-electron chi connectivity index (χ4n) is 2.54. The monoisotopic (exact) mass is 310 g/mol. The third kappa shape index (κ3) is 3.69. The van der Waals surface area contributed by atoms with Crippen molar-refractivity contribution in [2.75, 3.05) is 7.05 Å². The van der Waals surface area contributed by atoms with Crippen LogP contribution in [0.2, 0.25) is 0 Å². The Labute approximate surface area is 133 Å². The van der Waals surface area contributed by atoms with Crippen LogP contribution in [-0.4, -0.2) is 22.8 Å². The molecule has 0 aliphatic rings. The summed E-state index contributed by atoms with van der Waals surface area (Å²) in [5.41, 5.74) is 3.31. The Kier molecular flexibility index (Phi) is 4.28. The summed E-state index contributed by atoms with van der Waals surface area (Å²) in [5.74, 6) is -0.370. The molecule has 1 N–H and O–H groups in total. The Morgan fingerprint density at radius 3 is 2.70 bits per heavy atom. The van der Waals surface area contributed by atoms with Crippen LogP contribution in [-0.2, 0) is 17.8 Å². The largest absolute Gasteiger partial charge is 0.417 e. The number of benzene rings is 2. The van der Waals surface area contributed by atoms with Crippen molar-refractivity contribution < 1.29 is 9.21 Å². The summed E-state index contributed by atoms with van der Waals surface area (Å²) in [4.78, 5) is 27.7. The molecule has 0 unspecified atom stereocenters. The molecule has 0 saturated carbocycles. The summed E-state index contributed by atoms with van der Waals surface area (Å²) in [6, 6.07) is 15.4. The van der Waals surface area contributed by atoms with Crippen molar-refractivity contribution in [1.82, 2.24) is 9.88 Å². The smallest absolute Gasteiger partial charge is 0.408 e. The van der Waals surface area contributed by atoms with Gasteiger partial charge in [-0.3, -0.25) is 9.78 Å². The van der Waals surface area contributed by atoms with E-state index in [0.717, 1.165) is 11.1 Å². The molecule has 1 heterocycles. The maximum atomic E-state index is 12.2. The van der Waals surface area contributed by atoms with E-state index in [9.17, 15) is 9.59 Å². The first-order chi connectivity index (χ1) is 11.1. The van der Waals surface area contributed by atoms with E-state index in [1.54, 1.807) is 11.0 Å². The molecule has 0 aliphatic heterocycles. The van der Waals surface area contributed by atoms with Crippen LogP contribution in [0.1, 0.15) is 17.5 Å². The first-order valence-corrected chi connectivity index (χ1v) is 7.51. The first-order valence-electron chi connectivity index (χ1n) is 7.51. The van der Waals surface area contributed by atoms with Crippen molar-refractivity contribution in [3.8, 4) is 0 Å². The number of fused-ring (bicyclic) bond motifs is 1. The lowest BCUT2D eigenvalue weighted by molar-refractivity contribution is -0.130. The highest BCUT2D eigenvalue weighted by Crippen LogP contribution is 2.14. The number of aromatic nitrogens is 1. The Balaban J connectivity index is 1.59. The number of aryl methyl sites for hydroxylation is 1. The van der Waals surface area contributed by atoms with Crippen molar-refractivity contribution >= 4 is 17.0 Å². The number of oxazole rings is 1. The summed E-state index contributed by atoms with van der Waals surface area (Å²) in [6.45, 7) is 0.605. The van der Waals surface area contributed by atoms with E-state index in [1.165, 1.54) is 0 Å². The molecule has 2 aromatic carbocycles. The molecule has 0 bridgehead atoms. The summed E-state index contributed by atoms with van der Waals surface area (Å²) in [7, 11) is 1.81.